The molecule has 4 heteroatoms. The van der Waals surface area contributed by atoms with Gasteiger partial charge in [-0.15, -0.1) is 0 Å². The Labute approximate surface area is 97.4 Å². The molecule has 0 spiro atoms. The van der Waals surface area contributed by atoms with Crippen LogP contribution in [-0.4, -0.2) is 0 Å². The highest BCUT2D eigenvalue weighted by molar-refractivity contribution is 6.33. The standard InChI is InChI=1S/C12H9ClFNO/c13-8-4-3-7-11(12(8)15)16-10-6-2-1-5-9(10)14/h1-7H,15H2. The van der Waals surface area contributed by atoms with Gasteiger partial charge in [0.25, 0.3) is 0 Å². The van der Waals surface area contributed by atoms with Crippen LogP contribution in [0.1, 0.15) is 0 Å². The summed E-state index contributed by atoms with van der Waals surface area (Å²) in [6.07, 6.45) is 0. The second-order valence-corrected chi connectivity index (χ2v) is 3.59. The molecule has 0 amide bonds. The number of para-hydroxylation sites is 2. The molecule has 16 heavy (non-hydrogen) atoms. The quantitative estimate of drug-likeness (QED) is 0.805. The maximum absolute atomic E-state index is 13.3. The second-order valence-electron chi connectivity index (χ2n) is 3.18. The maximum atomic E-state index is 13.3. The Balaban J connectivity index is 2.35. The van der Waals surface area contributed by atoms with E-state index >= 15 is 0 Å². The topological polar surface area (TPSA) is 35.2 Å². The average Bonchev–Trinajstić information content (AvgIpc) is 2.28. The van der Waals surface area contributed by atoms with E-state index in [1.54, 1.807) is 30.3 Å². The molecule has 0 aliphatic rings. The Kier molecular flexibility index (Phi) is 2.97. The minimum Gasteiger partial charge on any atom is -0.452 e. The highest BCUT2D eigenvalue weighted by atomic mass is 35.5. The Bertz CT molecular complexity index is 516. The van der Waals surface area contributed by atoms with Gasteiger partial charge in [0.15, 0.2) is 17.3 Å². The molecule has 2 aromatic carbocycles. The molecule has 0 radical (unpaired) electrons. The van der Waals surface area contributed by atoms with Gasteiger partial charge in [-0.1, -0.05) is 29.8 Å². The van der Waals surface area contributed by atoms with Gasteiger partial charge < -0.3 is 10.5 Å². The van der Waals surface area contributed by atoms with Crippen molar-refractivity contribution in [1.29, 1.82) is 0 Å². The van der Waals surface area contributed by atoms with Crippen LogP contribution in [0.2, 0.25) is 5.02 Å². The summed E-state index contributed by atoms with van der Waals surface area (Å²) in [7, 11) is 0. The van der Waals surface area contributed by atoms with Gasteiger partial charge in [0.05, 0.1) is 10.7 Å². The lowest BCUT2D eigenvalue weighted by atomic mass is 10.3. The first-order chi connectivity index (χ1) is 7.68. The Morgan fingerprint density at radius 1 is 1.00 bits per heavy atom. The fourth-order valence-corrected chi connectivity index (χ4v) is 1.42. The first-order valence-electron chi connectivity index (χ1n) is 4.65. The van der Waals surface area contributed by atoms with E-state index in [1.165, 1.54) is 12.1 Å². The summed E-state index contributed by atoms with van der Waals surface area (Å²) in [5, 5.41) is 0.383. The lowest BCUT2D eigenvalue weighted by Gasteiger charge is -2.09. The number of nitrogens with two attached hydrogens (primary N) is 1. The van der Waals surface area contributed by atoms with Gasteiger partial charge in [-0.3, -0.25) is 0 Å². The van der Waals surface area contributed by atoms with E-state index in [1.807, 2.05) is 0 Å². The smallest absolute Gasteiger partial charge is 0.165 e. The van der Waals surface area contributed by atoms with Crippen molar-refractivity contribution in [2.24, 2.45) is 0 Å². The van der Waals surface area contributed by atoms with Gasteiger partial charge in [-0.25, -0.2) is 4.39 Å². The zero-order chi connectivity index (χ0) is 11.5. The van der Waals surface area contributed by atoms with Gasteiger partial charge >= 0.3 is 0 Å². The molecule has 0 atom stereocenters. The van der Waals surface area contributed by atoms with Crippen molar-refractivity contribution < 1.29 is 9.13 Å². The molecule has 2 N–H and O–H groups in total. The lowest BCUT2D eigenvalue weighted by molar-refractivity contribution is 0.444. The molecule has 2 rings (SSSR count). The van der Waals surface area contributed by atoms with Gasteiger partial charge in [0, 0.05) is 0 Å². The number of hydrogen-bond donors (Lipinski definition) is 1. The third kappa shape index (κ3) is 2.09. The van der Waals surface area contributed by atoms with E-state index in [4.69, 9.17) is 22.1 Å². The molecule has 0 fully saturated rings. The SMILES string of the molecule is Nc1c(Cl)cccc1Oc1ccccc1F. The van der Waals surface area contributed by atoms with Crippen LogP contribution < -0.4 is 10.5 Å². The molecule has 0 saturated carbocycles. The maximum Gasteiger partial charge on any atom is 0.165 e. The number of hydrogen-bond acceptors (Lipinski definition) is 2. The van der Waals surface area contributed by atoms with Crippen LogP contribution in [0, 0.1) is 5.82 Å². The number of rotatable bonds is 2. The zero-order valence-corrected chi connectivity index (χ0v) is 9.04. The van der Waals surface area contributed by atoms with Crippen LogP contribution in [0.25, 0.3) is 0 Å². The number of ether oxygens (including phenoxy) is 1. The summed E-state index contributed by atoms with van der Waals surface area (Å²) < 4.78 is 18.6. The molecule has 2 aromatic rings. The lowest BCUT2D eigenvalue weighted by Crippen LogP contribution is -1.94. The van der Waals surface area contributed by atoms with Crippen LogP contribution in [0.15, 0.2) is 42.5 Å². The van der Waals surface area contributed by atoms with Crippen molar-refractivity contribution in [2.45, 2.75) is 0 Å². The molecule has 0 heterocycles. The number of benzene rings is 2. The van der Waals surface area contributed by atoms with Crippen molar-refractivity contribution in [2.75, 3.05) is 5.73 Å². The third-order valence-electron chi connectivity index (χ3n) is 2.07. The van der Waals surface area contributed by atoms with Crippen LogP contribution >= 0.6 is 11.6 Å². The largest absolute Gasteiger partial charge is 0.452 e. The Morgan fingerprint density at radius 2 is 1.69 bits per heavy atom. The monoisotopic (exact) mass is 237 g/mol. The normalized spacial score (nSPS) is 10.1. The molecule has 0 aromatic heterocycles. The highest BCUT2D eigenvalue weighted by Crippen LogP contribution is 2.33. The van der Waals surface area contributed by atoms with Gasteiger partial charge in [-0.05, 0) is 24.3 Å². The minimum atomic E-state index is -0.443. The van der Waals surface area contributed by atoms with E-state index < -0.39 is 5.82 Å². The van der Waals surface area contributed by atoms with E-state index in [0.29, 0.717) is 16.5 Å². The fraction of sp³-hybridized carbons (Fsp3) is 0. The molecule has 82 valence electrons. The van der Waals surface area contributed by atoms with Crippen molar-refractivity contribution in [3.8, 4) is 11.5 Å². The first-order valence-corrected chi connectivity index (χ1v) is 5.02. The van der Waals surface area contributed by atoms with Crippen molar-refractivity contribution in [3.63, 3.8) is 0 Å². The number of nitrogen functional groups attached to an aromatic ring is 1. The molecule has 0 unspecified atom stereocenters. The summed E-state index contributed by atoms with van der Waals surface area (Å²) in [6.45, 7) is 0. The van der Waals surface area contributed by atoms with Crippen molar-refractivity contribution in [1.82, 2.24) is 0 Å². The molecular weight excluding hydrogens is 229 g/mol. The fourth-order valence-electron chi connectivity index (χ4n) is 1.25. The summed E-state index contributed by atoms with van der Waals surface area (Å²) in [4.78, 5) is 0. The highest BCUT2D eigenvalue weighted by Gasteiger charge is 2.07. The molecule has 2 nitrogen and oxygen atoms in total. The minimum absolute atomic E-state index is 0.122. The van der Waals surface area contributed by atoms with Crippen molar-refractivity contribution in [3.05, 3.63) is 53.3 Å². The van der Waals surface area contributed by atoms with Gasteiger partial charge in [-0.2, -0.15) is 0 Å². The van der Waals surface area contributed by atoms with Crippen LogP contribution in [0.5, 0.6) is 11.5 Å². The Morgan fingerprint density at radius 3 is 2.44 bits per heavy atom. The third-order valence-corrected chi connectivity index (χ3v) is 2.40. The molecule has 0 bridgehead atoms. The Hall–Kier alpha value is -1.74. The summed E-state index contributed by atoms with van der Waals surface area (Å²) in [6, 6.07) is 11.1. The van der Waals surface area contributed by atoms with Crippen LogP contribution in [-0.2, 0) is 0 Å². The summed E-state index contributed by atoms with van der Waals surface area (Å²) in [5.41, 5.74) is 6.00. The zero-order valence-electron chi connectivity index (χ0n) is 8.28. The predicted molar refractivity (Wildman–Crippen MR) is 62.3 cm³/mol. The van der Waals surface area contributed by atoms with Crippen molar-refractivity contribution >= 4 is 17.3 Å². The first kappa shape index (κ1) is 10.8. The van der Waals surface area contributed by atoms with Crippen LogP contribution in [0.4, 0.5) is 10.1 Å². The van der Waals surface area contributed by atoms with E-state index in [-0.39, 0.29) is 5.75 Å². The molecule has 0 aliphatic heterocycles. The molecule has 0 aliphatic carbocycles. The summed E-state index contributed by atoms with van der Waals surface area (Å²) >= 11 is 5.82. The number of anilines is 1. The van der Waals surface area contributed by atoms with Gasteiger partial charge in [0.1, 0.15) is 0 Å². The second kappa shape index (κ2) is 4.41. The summed E-state index contributed by atoms with van der Waals surface area (Å²) in [5.74, 6) is 0.0240. The van der Waals surface area contributed by atoms with E-state index in [2.05, 4.69) is 0 Å². The molecular formula is C12H9ClFNO. The average molecular weight is 238 g/mol. The predicted octanol–water partition coefficient (Wildman–Crippen LogP) is 3.85. The van der Waals surface area contributed by atoms with E-state index in [9.17, 15) is 4.39 Å². The van der Waals surface area contributed by atoms with E-state index in [0.717, 1.165) is 0 Å². The molecule has 0 saturated heterocycles. The van der Waals surface area contributed by atoms with Gasteiger partial charge in [0.2, 0.25) is 0 Å². The number of halogens is 2. The van der Waals surface area contributed by atoms with Crippen LogP contribution in [0.3, 0.4) is 0 Å².